The summed E-state index contributed by atoms with van der Waals surface area (Å²) in [6.07, 6.45) is 0. The number of aryl methyl sites for hydroxylation is 1. The Morgan fingerprint density at radius 1 is 0.852 bits per heavy atom. The second-order valence-corrected chi connectivity index (χ2v) is 7.03. The Morgan fingerprint density at radius 2 is 1.52 bits per heavy atom. The van der Waals surface area contributed by atoms with Gasteiger partial charge in [-0.2, -0.15) is 15.0 Å². The highest BCUT2D eigenvalue weighted by molar-refractivity contribution is 7.22. The minimum Gasteiger partial charge on any atom is -0.493 e. The molecule has 0 saturated carbocycles. The van der Waals surface area contributed by atoms with Crippen LogP contribution in [0.15, 0.2) is 42.5 Å². The fourth-order valence-electron chi connectivity index (χ4n) is 3.08. The van der Waals surface area contributed by atoms with Gasteiger partial charge in [-0.25, -0.2) is 0 Å². The lowest BCUT2D eigenvalue weighted by Gasteiger charge is -2.13. The number of benzene rings is 2. The topological polar surface area (TPSA) is 58.4 Å². The van der Waals surface area contributed by atoms with Crippen molar-refractivity contribution in [3.05, 3.63) is 42.5 Å². The number of hydrogen-bond acceptors (Lipinski definition) is 6. The molecule has 0 saturated heterocycles. The number of rotatable bonds is 5. The van der Waals surface area contributed by atoms with E-state index in [0.717, 1.165) is 21.8 Å². The molecule has 0 unspecified atom stereocenters. The van der Waals surface area contributed by atoms with E-state index in [9.17, 15) is 0 Å². The van der Waals surface area contributed by atoms with Gasteiger partial charge in [0.2, 0.25) is 5.75 Å². The average Bonchev–Trinajstić information content (AvgIpc) is 3.29. The number of hydrogen-bond donors (Lipinski definition) is 0. The zero-order valence-corrected chi connectivity index (χ0v) is 16.3. The van der Waals surface area contributed by atoms with Crippen LogP contribution < -0.4 is 14.2 Å². The van der Waals surface area contributed by atoms with Crippen molar-refractivity contribution in [3.8, 4) is 39.1 Å². The van der Waals surface area contributed by atoms with Crippen molar-refractivity contribution in [1.82, 2.24) is 15.0 Å². The van der Waals surface area contributed by atoms with E-state index < -0.39 is 0 Å². The van der Waals surface area contributed by atoms with Crippen LogP contribution in [0.25, 0.3) is 31.9 Å². The third kappa shape index (κ3) is 3.00. The molecule has 0 fully saturated rings. The average molecular weight is 381 g/mol. The molecule has 0 bridgehead atoms. The molecule has 6 nitrogen and oxygen atoms in total. The quantitative estimate of drug-likeness (QED) is 0.513. The fraction of sp³-hybridized carbons (Fsp3) is 0.200. The van der Waals surface area contributed by atoms with Crippen LogP contribution in [-0.4, -0.2) is 36.3 Å². The summed E-state index contributed by atoms with van der Waals surface area (Å²) in [6, 6.07) is 14.2. The highest BCUT2D eigenvalue weighted by Gasteiger charge is 2.21. The summed E-state index contributed by atoms with van der Waals surface area (Å²) in [7, 11) is 6.61. The molecular weight excluding hydrogens is 362 g/mol. The lowest BCUT2D eigenvalue weighted by molar-refractivity contribution is 0.324. The van der Waals surface area contributed by atoms with Gasteiger partial charge in [-0.3, -0.25) is 0 Å². The van der Waals surface area contributed by atoms with E-state index in [1.165, 1.54) is 10.1 Å². The van der Waals surface area contributed by atoms with E-state index in [-0.39, 0.29) is 0 Å². The summed E-state index contributed by atoms with van der Waals surface area (Å²) >= 11 is 1.70. The van der Waals surface area contributed by atoms with Crippen molar-refractivity contribution in [2.45, 2.75) is 0 Å². The molecule has 0 radical (unpaired) electrons. The first-order chi connectivity index (χ1) is 13.1. The molecule has 7 heteroatoms. The molecule has 2 aromatic heterocycles. The van der Waals surface area contributed by atoms with Gasteiger partial charge in [-0.05, 0) is 29.7 Å². The first-order valence-corrected chi connectivity index (χ1v) is 9.17. The smallest absolute Gasteiger partial charge is 0.203 e. The fourth-order valence-corrected chi connectivity index (χ4v) is 4.13. The zero-order chi connectivity index (χ0) is 19.0. The van der Waals surface area contributed by atoms with E-state index in [1.807, 2.05) is 31.3 Å². The molecule has 0 amide bonds. The first-order valence-electron chi connectivity index (χ1n) is 8.35. The molecule has 0 aliphatic heterocycles. The van der Waals surface area contributed by atoms with Gasteiger partial charge in [-0.15, -0.1) is 11.3 Å². The molecule has 2 heterocycles. The standard InChI is InChI=1S/C20H19N3O3S/c1-23-21-18(13-9-14(24-2)20(26-4)15(10-13)25-3)19(22-23)17-11-12-7-5-6-8-16(12)27-17/h5-11H,1-4H3. The summed E-state index contributed by atoms with van der Waals surface area (Å²) in [5.41, 5.74) is 2.45. The number of nitrogens with zero attached hydrogens (tertiary/aromatic N) is 3. The van der Waals surface area contributed by atoms with E-state index in [0.29, 0.717) is 17.2 Å². The third-order valence-corrected chi connectivity index (χ3v) is 5.43. The van der Waals surface area contributed by atoms with Crippen LogP contribution in [0.3, 0.4) is 0 Å². The number of ether oxygens (including phenoxy) is 3. The van der Waals surface area contributed by atoms with Gasteiger partial charge in [0.25, 0.3) is 0 Å². The Hall–Kier alpha value is -3.06. The predicted molar refractivity (Wildman–Crippen MR) is 107 cm³/mol. The van der Waals surface area contributed by atoms with Crippen molar-refractivity contribution >= 4 is 21.4 Å². The SMILES string of the molecule is COc1cc(-c2nn(C)nc2-c2cc3ccccc3s2)cc(OC)c1OC. The molecule has 0 spiro atoms. The summed E-state index contributed by atoms with van der Waals surface area (Å²) in [5, 5.41) is 10.4. The Morgan fingerprint density at radius 3 is 2.15 bits per heavy atom. The second-order valence-electron chi connectivity index (χ2n) is 5.95. The van der Waals surface area contributed by atoms with Crippen LogP contribution in [0.1, 0.15) is 0 Å². The number of methoxy groups -OCH3 is 3. The van der Waals surface area contributed by atoms with Crippen LogP contribution in [0.2, 0.25) is 0 Å². The van der Waals surface area contributed by atoms with Crippen LogP contribution in [0, 0.1) is 0 Å². The van der Waals surface area contributed by atoms with Crippen LogP contribution >= 0.6 is 11.3 Å². The van der Waals surface area contributed by atoms with Gasteiger partial charge >= 0.3 is 0 Å². The molecule has 0 N–H and O–H groups in total. The number of fused-ring (bicyclic) bond motifs is 1. The van der Waals surface area contributed by atoms with E-state index >= 15 is 0 Å². The monoisotopic (exact) mass is 381 g/mol. The maximum Gasteiger partial charge on any atom is 0.203 e. The van der Waals surface area contributed by atoms with Gasteiger partial charge in [-0.1, -0.05) is 18.2 Å². The maximum absolute atomic E-state index is 5.48. The Balaban J connectivity index is 1.91. The van der Waals surface area contributed by atoms with E-state index in [1.54, 1.807) is 37.5 Å². The summed E-state index contributed by atoms with van der Waals surface area (Å²) in [6.45, 7) is 0. The summed E-state index contributed by atoms with van der Waals surface area (Å²) in [5.74, 6) is 1.72. The van der Waals surface area contributed by atoms with Gasteiger partial charge in [0, 0.05) is 17.3 Å². The summed E-state index contributed by atoms with van der Waals surface area (Å²) in [4.78, 5) is 2.64. The minimum atomic E-state index is 0.552. The predicted octanol–water partition coefficient (Wildman–Crippen LogP) is 4.39. The largest absolute Gasteiger partial charge is 0.493 e. The maximum atomic E-state index is 5.48. The Labute approximate surface area is 160 Å². The molecule has 0 aliphatic rings. The van der Waals surface area contributed by atoms with Crippen molar-refractivity contribution in [2.24, 2.45) is 7.05 Å². The van der Waals surface area contributed by atoms with Crippen LogP contribution in [0.5, 0.6) is 17.2 Å². The van der Waals surface area contributed by atoms with Gasteiger partial charge < -0.3 is 14.2 Å². The van der Waals surface area contributed by atoms with Crippen LogP contribution in [-0.2, 0) is 7.05 Å². The van der Waals surface area contributed by atoms with E-state index in [4.69, 9.17) is 14.2 Å². The van der Waals surface area contributed by atoms with E-state index in [2.05, 4.69) is 28.4 Å². The highest BCUT2D eigenvalue weighted by atomic mass is 32.1. The van der Waals surface area contributed by atoms with Gasteiger partial charge in [0.1, 0.15) is 11.4 Å². The molecule has 0 atom stereocenters. The van der Waals surface area contributed by atoms with Crippen molar-refractivity contribution in [2.75, 3.05) is 21.3 Å². The zero-order valence-electron chi connectivity index (χ0n) is 15.5. The van der Waals surface area contributed by atoms with Gasteiger partial charge in [0.05, 0.1) is 26.2 Å². The van der Waals surface area contributed by atoms with Crippen molar-refractivity contribution in [1.29, 1.82) is 0 Å². The Kier molecular flexibility index (Phi) is 4.45. The summed E-state index contributed by atoms with van der Waals surface area (Å²) < 4.78 is 17.6. The normalized spacial score (nSPS) is 11.0. The molecule has 27 heavy (non-hydrogen) atoms. The third-order valence-electron chi connectivity index (χ3n) is 4.31. The molecule has 138 valence electrons. The second kappa shape index (κ2) is 6.92. The minimum absolute atomic E-state index is 0.552. The van der Waals surface area contributed by atoms with Crippen molar-refractivity contribution in [3.63, 3.8) is 0 Å². The lowest BCUT2D eigenvalue weighted by Crippen LogP contribution is -1.96. The lowest BCUT2D eigenvalue weighted by atomic mass is 10.1. The van der Waals surface area contributed by atoms with Crippen molar-refractivity contribution < 1.29 is 14.2 Å². The molecule has 4 aromatic rings. The van der Waals surface area contributed by atoms with Crippen LogP contribution in [0.4, 0.5) is 0 Å². The molecule has 2 aromatic carbocycles. The molecular formula is C20H19N3O3S. The molecule has 4 rings (SSSR count). The highest BCUT2D eigenvalue weighted by Crippen LogP contribution is 2.43. The first kappa shape index (κ1) is 17.4. The number of aromatic nitrogens is 3. The van der Waals surface area contributed by atoms with Gasteiger partial charge in [0.15, 0.2) is 11.5 Å². The number of thiophene rings is 1. The Bertz CT molecular complexity index is 1060. The molecule has 0 aliphatic carbocycles.